The topological polar surface area (TPSA) is 152 Å². The van der Waals surface area contributed by atoms with E-state index >= 15 is 0 Å². The second-order valence-electron chi connectivity index (χ2n) is 12.2. The molecule has 12 N–H and O–H groups in total. The molecular weight excluding hydrogens is 544 g/mol. The average Bonchev–Trinajstić information content (AvgIpc) is 3.02. The van der Waals surface area contributed by atoms with E-state index in [2.05, 4.69) is 69.8 Å². The Kier molecular flexibility index (Phi) is 11.1. The molecule has 4 aromatic rings. The van der Waals surface area contributed by atoms with Crippen molar-refractivity contribution in [3.8, 4) is 0 Å². The van der Waals surface area contributed by atoms with Gasteiger partial charge in [-0.1, -0.05) is 48.5 Å². The van der Waals surface area contributed by atoms with Gasteiger partial charge in [0.05, 0.1) is 0 Å². The summed E-state index contributed by atoms with van der Waals surface area (Å²) in [4.78, 5) is 0. The van der Waals surface area contributed by atoms with Crippen molar-refractivity contribution >= 4 is 22.7 Å². The van der Waals surface area contributed by atoms with Crippen LogP contribution in [0.25, 0.3) is 0 Å². The van der Waals surface area contributed by atoms with Gasteiger partial charge in [0.15, 0.2) is 0 Å². The van der Waals surface area contributed by atoms with Crippen molar-refractivity contribution in [2.75, 3.05) is 49.1 Å². The third kappa shape index (κ3) is 9.99. The van der Waals surface area contributed by atoms with E-state index in [1.54, 1.807) is 0 Å². The molecule has 1 fully saturated rings. The van der Waals surface area contributed by atoms with E-state index in [-0.39, 0.29) is 24.2 Å². The van der Waals surface area contributed by atoms with Gasteiger partial charge in [0.25, 0.3) is 0 Å². The lowest BCUT2D eigenvalue weighted by Crippen LogP contribution is -2.55. The lowest BCUT2D eigenvalue weighted by atomic mass is 9.99. The van der Waals surface area contributed by atoms with E-state index in [9.17, 15) is 0 Å². The number of benzene rings is 4. The SMILES string of the molecule is Nc1ccc(C[C@@H]2CN[C@H](Cc3ccc(N)cc3)CN[C@H](Cc3ccc(N)cc3)CN[C@H](Cc3ccc(N)cc3)CN2)cc1. The Labute approximate surface area is 262 Å². The van der Waals surface area contributed by atoms with E-state index in [4.69, 9.17) is 22.9 Å². The zero-order valence-electron chi connectivity index (χ0n) is 25.5. The Morgan fingerprint density at radius 3 is 0.705 bits per heavy atom. The normalized spacial score (nSPS) is 21.6. The summed E-state index contributed by atoms with van der Waals surface area (Å²) < 4.78 is 0. The molecule has 0 amide bonds. The molecule has 0 bridgehead atoms. The van der Waals surface area contributed by atoms with Crippen molar-refractivity contribution in [2.45, 2.75) is 49.9 Å². The number of hydrogen-bond donors (Lipinski definition) is 8. The monoisotopic (exact) mass is 592 g/mol. The highest BCUT2D eigenvalue weighted by Gasteiger charge is 2.21. The van der Waals surface area contributed by atoms with E-state index in [1.807, 2.05) is 48.5 Å². The van der Waals surface area contributed by atoms with Gasteiger partial charge in [-0.2, -0.15) is 0 Å². The van der Waals surface area contributed by atoms with Crippen molar-refractivity contribution in [1.29, 1.82) is 0 Å². The molecule has 44 heavy (non-hydrogen) atoms. The molecule has 1 aliphatic heterocycles. The highest BCUT2D eigenvalue weighted by Crippen LogP contribution is 2.14. The maximum absolute atomic E-state index is 5.98. The van der Waals surface area contributed by atoms with Crippen LogP contribution in [0.5, 0.6) is 0 Å². The predicted molar refractivity (Wildman–Crippen MR) is 185 cm³/mol. The second-order valence-corrected chi connectivity index (χ2v) is 12.2. The van der Waals surface area contributed by atoms with E-state index in [0.29, 0.717) is 0 Å². The Hall–Kier alpha value is -4.08. The Balaban J connectivity index is 1.36. The molecule has 4 atom stereocenters. The average molecular weight is 593 g/mol. The van der Waals surface area contributed by atoms with Gasteiger partial charge in [-0.05, 0) is 96.5 Å². The van der Waals surface area contributed by atoms with Gasteiger partial charge >= 0.3 is 0 Å². The highest BCUT2D eigenvalue weighted by atomic mass is 15.1. The van der Waals surface area contributed by atoms with Gasteiger partial charge in [-0.3, -0.25) is 0 Å². The molecule has 8 heteroatoms. The minimum absolute atomic E-state index is 0.244. The Morgan fingerprint density at radius 1 is 0.341 bits per heavy atom. The van der Waals surface area contributed by atoms with Crippen molar-refractivity contribution in [3.63, 3.8) is 0 Å². The zero-order chi connectivity index (χ0) is 30.7. The van der Waals surface area contributed by atoms with E-state index in [1.165, 1.54) is 22.3 Å². The summed E-state index contributed by atoms with van der Waals surface area (Å²) in [6.07, 6.45) is 3.63. The summed E-state index contributed by atoms with van der Waals surface area (Å²) in [5, 5.41) is 15.7. The molecule has 1 saturated heterocycles. The quantitative estimate of drug-likeness (QED) is 0.145. The molecule has 0 radical (unpaired) electrons. The molecule has 4 aromatic carbocycles. The van der Waals surface area contributed by atoms with Crippen LogP contribution in [0, 0.1) is 0 Å². The highest BCUT2D eigenvalue weighted by molar-refractivity contribution is 5.41. The smallest absolute Gasteiger partial charge is 0.0314 e. The minimum Gasteiger partial charge on any atom is -0.399 e. The molecule has 1 aliphatic rings. The lowest BCUT2D eigenvalue weighted by molar-refractivity contribution is 0.342. The summed E-state index contributed by atoms with van der Waals surface area (Å²) in [6.45, 7) is 3.34. The summed E-state index contributed by atoms with van der Waals surface area (Å²) >= 11 is 0. The van der Waals surface area contributed by atoms with Gasteiger partial charge < -0.3 is 44.2 Å². The number of anilines is 4. The Morgan fingerprint density at radius 2 is 0.523 bits per heavy atom. The Bertz CT molecular complexity index is 1170. The van der Waals surface area contributed by atoms with Crippen molar-refractivity contribution < 1.29 is 0 Å². The second kappa shape index (κ2) is 15.6. The molecule has 5 rings (SSSR count). The van der Waals surface area contributed by atoms with Crippen LogP contribution in [0.1, 0.15) is 22.3 Å². The molecule has 8 nitrogen and oxygen atoms in total. The minimum atomic E-state index is 0.244. The number of nitrogens with one attached hydrogen (secondary N) is 4. The molecule has 0 spiro atoms. The van der Waals surface area contributed by atoms with Crippen LogP contribution >= 0.6 is 0 Å². The van der Waals surface area contributed by atoms with Gasteiger partial charge in [0.1, 0.15) is 0 Å². The first-order valence-corrected chi connectivity index (χ1v) is 15.7. The molecular formula is C36H48N8. The fourth-order valence-electron chi connectivity index (χ4n) is 5.85. The summed E-state index contributed by atoms with van der Waals surface area (Å²) in [6, 6.07) is 33.9. The van der Waals surface area contributed by atoms with Gasteiger partial charge in [0, 0.05) is 73.1 Å². The zero-order valence-corrected chi connectivity index (χ0v) is 25.5. The van der Waals surface area contributed by atoms with Crippen LogP contribution in [-0.4, -0.2) is 50.3 Å². The fraction of sp³-hybridized carbons (Fsp3) is 0.333. The van der Waals surface area contributed by atoms with E-state index in [0.717, 1.165) is 74.6 Å². The van der Waals surface area contributed by atoms with Gasteiger partial charge in [-0.25, -0.2) is 0 Å². The number of hydrogen-bond acceptors (Lipinski definition) is 8. The molecule has 0 aliphatic carbocycles. The molecule has 0 aromatic heterocycles. The first kappa shape index (κ1) is 31.3. The largest absolute Gasteiger partial charge is 0.399 e. The van der Waals surface area contributed by atoms with Crippen LogP contribution in [0.3, 0.4) is 0 Å². The summed E-state index contributed by atoms with van der Waals surface area (Å²) in [7, 11) is 0. The van der Waals surface area contributed by atoms with Crippen molar-refractivity contribution in [3.05, 3.63) is 119 Å². The number of nitrogen functional groups attached to an aromatic ring is 4. The van der Waals surface area contributed by atoms with Crippen LogP contribution < -0.4 is 44.2 Å². The van der Waals surface area contributed by atoms with Crippen LogP contribution in [0.2, 0.25) is 0 Å². The first-order valence-electron chi connectivity index (χ1n) is 15.7. The molecule has 0 unspecified atom stereocenters. The van der Waals surface area contributed by atoms with Crippen LogP contribution in [0.15, 0.2) is 97.1 Å². The standard InChI is InChI=1S/C36H48N8/c37-29-9-1-25(2-10-29)17-33-21-42-35(19-27-5-13-31(39)14-6-27)23-44-36(20-28-7-15-32(40)16-8-28)24-43-34(22-41-33)18-26-3-11-30(38)12-4-26/h1-16,33-36,41-44H,17-24,37-40H2/t33-,34-,35-,36-/m1/s1. The van der Waals surface area contributed by atoms with E-state index < -0.39 is 0 Å². The molecule has 0 saturated carbocycles. The predicted octanol–water partition coefficient (Wildman–Crippen LogP) is 3.13. The molecule has 232 valence electrons. The third-order valence-electron chi connectivity index (χ3n) is 8.46. The van der Waals surface area contributed by atoms with Crippen molar-refractivity contribution in [1.82, 2.24) is 21.3 Å². The van der Waals surface area contributed by atoms with Crippen molar-refractivity contribution in [2.24, 2.45) is 0 Å². The number of nitrogens with two attached hydrogens (primary N) is 4. The van der Waals surface area contributed by atoms with Crippen LogP contribution in [-0.2, 0) is 25.7 Å². The summed E-state index contributed by atoms with van der Waals surface area (Å²) in [5.41, 5.74) is 32.1. The van der Waals surface area contributed by atoms with Crippen LogP contribution in [0.4, 0.5) is 22.7 Å². The maximum Gasteiger partial charge on any atom is 0.0314 e. The maximum atomic E-state index is 5.98. The summed E-state index contributed by atoms with van der Waals surface area (Å²) in [5.74, 6) is 0. The molecule has 1 heterocycles. The first-order chi connectivity index (χ1) is 21.4. The third-order valence-corrected chi connectivity index (χ3v) is 8.46. The van der Waals surface area contributed by atoms with Gasteiger partial charge in [0.2, 0.25) is 0 Å². The fourth-order valence-corrected chi connectivity index (χ4v) is 5.85. The van der Waals surface area contributed by atoms with Gasteiger partial charge in [-0.15, -0.1) is 0 Å². The number of rotatable bonds is 8. The lowest BCUT2D eigenvalue weighted by Gasteiger charge is -2.31.